The van der Waals surface area contributed by atoms with Gasteiger partial charge in [-0.25, -0.2) is 9.59 Å². The third-order valence-electron chi connectivity index (χ3n) is 4.70. The van der Waals surface area contributed by atoms with Gasteiger partial charge in [-0.05, 0) is 48.4 Å². The van der Waals surface area contributed by atoms with Crippen molar-refractivity contribution in [3.63, 3.8) is 0 Å². The molecule has 3 aromatic rings. The number of hydrogen-bond donors (Lipinski definition) is 0. The molecule has 6 heteroatoms. The van der Waals surface area contributed by atoms with Crippen LogP contribution in [0.15, 0.2) is 72.8 Å². The van der Waals surface area contributed by atoms with Crippen molar-refractivity contribution in [2.45, 2.75) is 12.8 Å². The molecule has 0 bridgehead atoms. The molecule has 0 spiro atoms. The lowest BCUT2D eigenvalue weighted by Crippen LogP contribution is -2.13. The van der Waals surface area contributed by atoms with Gasteiger partial charge in [-0.1, -0.05) is 36.4 Å². The van der Waals surface area contributed by atoms with Crippen LogP contribution in [0.4, 0.5) is 0 Å². The SMILES string of the molecule is COC(=O)c1ccc(C(=O)CCc2ccc(Oc3ccccc3)cc2)cc1C(=O)OC. The number of methoxy groups -OCH3 is 2. The zero-order valence-electron chi connectivity index (χ0n) is 17.3. The van der Waals surface area contributed by atoms with Crippen LogP contribution in [0.1, 0.15) is 43.1 Å². The van der Waals surface area contributed by atoms with E-state index in [0.29, 0.717) is 17.7 Å². The number of para-hydroxylation sites is 1. The molecule has 0 saturated heterocycles. The van der Waals surface area contributed by atoms with Crippen molar-refractivity contribution in [1.29, 1.82) is 0 Å². The van der Waals surface area contributed by atoms with Crippen molar-refractivity contribution < 1.29 is 28.6 Å². The molecule has 0 radical (unpaired) electrons. The van der Waals surface area contributed by atoms with E-state index in [9.17, 15) is 14.4 Å². The molecule has 0 aromatic heterocycles. The number of carbonyl (C=O) groups is 3. The number of ketones is 1. The average Bonchev–Trinajstić information content (AvgIpc) is 2.82. The van der Waals surface area contributed by atoms with E-state index in [4.69, 9.17) is 9.47 Å². The molecule has 0 saturated carbocycles. The van der Waals surface area contributed by atoms with Gasteiger partial charge in [0.1, 0.15) is 11.5 Å². The van der Waals surface area contributed by atoms with Gasteiger partial charge in [0.15, 0.2) is 5.78 Å². The molecule has 0 heterocycles. The lowest BCUT2D eigenvalue weighted by molar-refractivity contribution is 0.0555. The summed E-state index contributed by atoms with van der Waals surface area (Å²) in [7, 11) is 2.43. The van der Waals surface area contributed by atoms with Crippen LogP contribution in [0, 0.1) is 0 Å². The largest absolute Gasteiger partial charge is 0.465 e. The predicted molar refractivity (Wildman–Crippen MR) is 115 cm³/mol. The summed E-state index contributed by atoms with van der Waals surface area (Å²) < 4.78 is 15.2. The highest BCUT2D eigenvalue weighted by Gasteiger charge is 2.20. The van der Waals surface area contributed by atoms with E-state index in [1.165, 1.54) is 32.4 Å². The lowest BCUT2D eigenvalue weighted by Gasteiger charge is -2.09. The Bertz CT molecular complexity index is 1070. The zero-order valence-corrected chi connectivity index (χ0v) is 17.3. The van der Waals surface area contributed by atoms with Gasteiger partial charge in [0.25, 0.3) is 0 Å². The summed E-state index contributed by atoms with van der Waals surface area (Å²) in [6.07, 6.45) is 0.772. The maximum Gasteiger partial charge on any atom is 0.338 e. The molecule has 0 unspecified atom stereocenters. The number of benzene rings is 3. The van der Waals surface area contributed by atoms with E-state index < -0.39 is 11.9 Å². The number of Topliss-reactive ketones (excluding diaryl/α,β-unsaturated/α-hetero) is 1. The highest BCUT2D eigenvalue weighted by molar-refractivity contribution is 6.06. The number of carbonyl (C=O) groups excluding carboxylic acids is 3. The van der Waals surface area contributed by atoms with Gasteiger partial charge in [-0.2, -0.15) is 0 Å². The van der Waals surface area contributed by atoms with Crippen LogP contribution in [0.5, 0.6) is 11.5 Å². The molecule has 0 N–H and O–H groups in total. The molecule has 6 nitrogen and oxygen atoms in total. The summed E-state index contributed by atoms with van der Waals surface area (Å²) in [6.45, 7) is 0. The molecule has 0 aliphatic carbocycles. The average molecular weight is 418 g/mol. The standard InChI is InChI=1S/C25H22O6/c1-29-24(27)21-14-11-18(16-22(21)25(28)30-2)23(26)15-10-17-8-12-20(13-9-17)31-19-6-4-3-5-7-19/h3-9,11-14,16H,10,15H2,1-2H3. The summed E-state index contributed by atoms with van der Waals surface area (Å²) in [5, 5.41) is 0. The topological polar surface area (TPSA) is 78.9 Å². The van der Waals surface area contributed by atoms with E-state index >= 15 is 0 Å². The number of hydrogen-bond acceptors (Lipinski definition) is 6. The fourth-order valence-corrected chi connectivity index (χ4v) is 3.04. The minimum Gasteiger partial charge on any atom is -0.465 e. The van der Waals surface area contributed by atoms with Crippen molar-refractivity contribution in [1.82, 2.24) is 0 Å². The Morgan fingerprint density at radius 1 is 0.710 bits per heavy atom. The summed E-state index contributed by atoms with van der Waals surface area (Å²) in [5.41, 5.74) is 1.37. The van der Waals surface area contributed by atoms with Gasteiger partial charge in [-0.15, -0.1) is 0 Å². The van der Waals surface area contributed by atoms with E-state index in [1.807, 2.05) is 54.6 Å². The van der Waals surface area contributed by atoms with Crippen LogP contribution in [0.2, 0.25) is 0 Å². The molecule has 158 valence electrons. The van der Waals surface area contributed by atoms with Gasteiger partial charge in [0.05, 0.1) is 25.3 Å². The Labute approximate surface area is 180 Å². The first-order valence-corrected chi connectivity index (χ1v) is 9.67. The van der Waals surface area contributed by atoms with Gasteiger partial charge in [0, 0.05) is 12.0 Å². The first-order chi connectivity index (χ1) is 15.0. The molecular weight excluding hydrogens is 396 g/mol. The molecule has 3 rings (SSSR count). The molecule has 0 amide bonds. The first-order valence-electron chi connectivity index (χ1n) is 9.67. The summed E-state index contributed by atoms with van der Waals surface area (Å²) in [6, 6.07) is 21.3. The van der Waals surface area contributed by atoms with Crippen molar-refractivity contribution in [3.05, 3.63) is 95.1 Å². The zero-order chi connectivity index (χ0) is 22.2. The van der Waals surface area contributed by atoms with Crippen LogP contribution in [-0.2, 0) is 15.9 Å². The van der Waals surface area contributed by atoms with Crippen molar-refractivity contribution in [3.8, 4) is 11.5 Å². The Balaban J connectivity index is 1.66. The smallest absolute Gasteiger partial charge is 0.338 e. The Morgan fingerprint density at radius 2 is 1.32 bits per heavy atom. The second-order valence-electron chi connectivity index (χ2n) is 6.73. The maximum atomic E-state index is 12.6. The lowest BCUT2D eigenvalue weighted by atomic mass is 9.98. The van der Waals surface area contributed by atoms with Crippen LogP contribution in [0.3, 0.4) is 0 Å². The second-order valence-corrected chi connectivity index (χ2v) is 6.73. The van der Waals surface area contributed by atoms with Crippen LogP contribution >= 0.6 is 0 Å². The Hall–Kier alpha value is -3.93. The van der Waals surface area contributed by atoms with Crippen molar-refractivity contribution in [2.24, 2.45) is 0 Å². The maximum absolute atomic E-state index is 12.6. The summed E-state index contributed by atoms with van der Waals surface area (Å²) >= 11 is 0. The molecule has 0 atom stereocenters. The Kier molecular flexibility index (Phi) is 7.17. The molecule has 31 heavy (non-hydrogen) atoms. The minimum absolute atomic E-state index is 0.00242. The van der Waals surface area contributed by atoms with Crippen LogP contribution in [-0.4, -0.2) is 31.9 Å². The number of esters is 2. The van der Waals surface area contributed by atoms with Gasteiger partial charge in [-0.3, -0.25) is 4.79 Å². The van der Waals surface area contributed by atoms with Crippen molar-refractivity contribution in [2.75, 3.05) is 14.2 Å². The quantitative estimate of drug-likeness (QED) is 0.384. The Morgan fingerprint density at radius 3 is 1.97 bits per heavy atom. The molecule has 3 aromatic carbocycles. The molecule has 0 aliphatic rings. The minimum atomic E-state index is -0.705. The van der Waals surface area contributed by atoms with Crippen LogP contribution < -0.4 is 4.74 Å². The number of rotatable bonds is 8. The molecular formula is C25H22O6. The predicted octanol–water partition coefficient (Wildman–Crippen LogP) is 4.87. The fourth-order valence-electron chi connectivity index (χ4n) is 3.04. The number of ether oxygens (including phenoxy) is 3. The first kappa shape index (κ1) is 21.8. The normalized spacial score (nSPS) is 10.3. The van der Waals surface area contributed by atoms with E-state index in [-0.39, 0.29) is 23.3 Å². The van der Waals surface area contributed by atoms with Gasteiger partial charge >= 0.3 is 11.9 Å². The third-order valence-corrected chi connectivity index (χ3v) is 4.70. The van der Waals surface area contributed by atoms with Crippen molar-refractivity contribution >= 4 is 17.7 Å². The monoisotopic (exact) mass is 418 g/mol. The highest BCUT2D eigenvalue weighted by atomic mass is 16.5. The van der Waals surface area contributed by atoms with Crippen LogP contribution in [0.25, 0.3) is 0 Å². The van der Waals surface area contributed by atoms with Gasteiger partial charge < -0.3 is 14.2 Å². The fraction of sp³-hybridized carbons (Fsp3) is 0.160. The van der Waals surface area contributed by atoms with Gasteiger partial charge in [0.2, 0.25) is 0 Å². The van der Waals surface area contributed by atoms with E-state index in [2.05, 4.69) is 4.74 Å². The van der Waals surface area contributed by atoms with E-state index in [1.54, 1.807) is 0 Å². The third kappa shape index (κ3) is 5.57. The number of aryl methyl sites for hydroxylation is 1. The molecule has 0 aliphatic heterocycles. The van der Waals surface area contributed by atoms with E-state index in [0.717, 1.165) is 11.3 Å². The summed E-state index contributed by atoms with van der Waals surface area (Å²) in [5.74, 6) is -0.0583. The highest BCUT2D eigenvalue weighted by Crippen LogP contribution is 2.22. The second kappa shape index (κ2) is 10.2. The molecule has 0 fully saturated rings. The summed E-state index contributed by atoms with van der Waals surface area (Å²) in [4.78, 5) is 36.5.